The van der Waals surface area contributed by atoms with Gasteiger partial charge in [-0.3, -0.25) is 4.90 Å². The minimum atomic E-state index is -0.572. The van der Waals surface area contributed by atoms with Crippen molar-refractivity contribution in [1.29, 1.82) is 0 Å². The Hall–Kier alpha value is -1.06. The number of carbonyl (C=O) groups excluding carboxylic acids is 2. The predicted octanol–water partition coefficient (Wildman–Crippen LogP) is 1.97. The van der Waals surface area contributed by atoms with Crippen molar-refractivity contribution in [3.05, 3.63) is 0 Å². The Bertz CT molecular complexity index is 337. The molecule has 1 amide bonds. The van der Waals surface area contributed by atoms with Crippen LogP contribution in [0.1, 0.15) is 40.5 Å². The number of rotatable bonds is 1. The molecule has 0 aromatic rings. The summed E-state index contributed by atoms with van der Waals surface area (Å²) in [5, 5.41) is 0. The topological polar surface area (TPSA) is 46.6 Å². The zero-order valence-electron chi connectivity index (χ0n) is 10.4. The van der Waals surface area contributed by atoms with E-state index in [1.54, 1.807) is 4.90 Å². The molecular weight excluding hydrogens is 206 g/mol. The molecule has 3 aliphatic rings. The first kappa shape index (κ1) is 11.4. The van der Waals surface area contributed by atoms with Crippen LogP contribution >= 0.6 is 0 Å². The highest BCUT2D eigenvalue weighted by atomic mass is 16.6. The molecule has 2 aliphatic heterocycles. The van der Waals surface area contributed by atoms with Crippen LogP contribution in [-0.4, -0.2) is 35.0 Å². The van der Waals surface area contributed by atoms with Crippen molar-refractivity contribution in [2.75, 3.05) is 6.54 Å². The van der Waals surface area contributed by atoms with Gasteiger partial charge in [0.25, 0.3) is 0 Å². The third-order valence-corrected chi connectivity index (χ3v) is 3.38. The number of amides is 1. The molecule has 16 heavy (non-hydrogen) atoms. The number of fused-ring (bicyclic) bond motifs is 1. The minimum absolute atomic E-state index is 0.123. The lowest BCUT2D eigenvalue weighted by Crippen LogP contribution is -2.52. The molecule has 1 saturated carbocycles. The summed E-state index contributed by atoms with van der Waals surface area (Å²) in [5.74, 6) is 0. The predicted molar refractivity (Wildman–Crippen MR) is 59.1 cm³/mol. The molecule has 1 aliphatic carbocycles. The van der Waals surface area contributed by atoms with Gasteiger partial charge < -0.3 is 9.53 Å². The van der Waals surface area contributed by atoms with Crippen LogP contribution in [0.15, 0.2) is 0 Å². The van der Waals surface area contributed by atoms with Crippen LogP contribution in [0.5, 0.6) is 0 Å². The zero-order valence-corrected chi connectivity index (χ0v) is 10.4. The molecule has 3 fully saturated rings. The molecule has 2 bridgehead atoms. The lowest BCUT2D eigenvalue weighted by molar-refractivity contribution is -0.120. The second-order valence-corrected chi connectivity index (χ2v) is 6.45. The van der Waals surface area contributed by atoms with E-state index in [0.717, 1.165) is 19.1 Å². The van der Waals surface area contributed by atoms with Crippen LogP contribution < -0.4 is 0 Å². The lowest BCUT2D eigenvalue weighted by atomic mass is 9.64. The van der Waals surface area contributed by atoms with E-state index in [9.17, 15) is 9.59 Å². The van der Waals surface area contributed by atoms with E-state index >= 15 is 0 Å². The molecule has 3 rings (SSSR count). The highest BCUT2D eigenvalue weighted by molar-refractivity contribution is 5.80. The van der Waals surface area contributed by atoms with Gasteiger partial charge in [0.05, 0.1) is 0 Å². The first-order valence-electron chi connectivity index (χ1n) is 5.67. The lowest BCUT2D eigenvalue weighted by Gasteiger charge is -2.41. The van der Waals surface area contributed by atoms with Gasteiger partial charge in [-0.15, -0.1) is 0 Å². The Kier molecular flexibility index (Phi) is 2.14. The number of aldehydes is 1. The standard InChI is InChI=1S/C12H19NO3/c1-10(2,3)16-9(15)13-7-11(4)5-12(13,6-11)8-14/h8H,5-7H2,1-4H3. The molecule has 4 heteroatoms. The van der Waals surface area contributed by atoms with Gasteiger partial charge in [-0.05, 0) is 39.0 Å². The van der Waals surface area contributed by atoms with E-state index in [1.165, 1.54) is 0 Å². The fraction of sp³-hybridized carbons (Fsp3) is 0.833. The zero-order chi connectivity index (χ0) is 12.2. The molecule has 4 nitrogen and oxygen atoms in total. The molecule has 2 heterocycles. The number of hydrogen-bond donors (Lipinski definition) is 0. The largest absolute Gasteiger partial charge is 0.444 e. The first-order valence-corrected chi connectivity index (χ1v) is 5.67. The summed E-state index contributed by atoms with van der Waals surface area (Å²) < 4.78 is 5.32. The highest BCUT2D eigenvalue weighted by Gasteiger charge is 2.65. The number of ether oxygens (including phenoxy) is 1. The minimum Gasteiger partial charge on any atom is -0.444 e. The second kappa shape index (κ2) is 2.99. The summed E-state index contributed by atoms with van der Waals surface area (Å²) in [6, 6.07) is 0. The number of nitrogens with zero attached hydrogens (tertiary/aromatic N) is 1. The van der Waals surface area contributed by atoms with Crippen molar-refractivity contribution < 1.29 is 14.3 Å². The molecule has 0 atom stereocenters. The third-order valence-electron chi connectivity index (χ3n) is 3.38. The molecule has 0 aromatic heterocycles. The molecule has 0 unspecified atom stereocenters. The fourth-order valence-corrected chi connectivity index (χ4v) is 2.98. The van der Waals surface area contributed by atoms with Gasteiger partial charge in [0.15, 0.2) is 0 Å². The highest BCUT2D eigenvalue weighted by Crippen LogP contribution is 2.58. The van der Waals surface area contributed by atoms with Crippen LogP contribution in [0.4, 0.5) is 4.79 Å². The Morgan fingerprint density at radius 3 is 2.38 bits per heavy atom. The van der Waals surface area contributed by atoms with E-state index < -0.39 is 11.1 Å². The summed E-state index contributed by atoms with van der Waals surface area (Å²) in [5.41, 5.74) is -0.954. The van der Waals surface area contributed by atoms with E-state index in [4.69, 9.17) is 4.74 Å². The van der Waals surface area contributed by atoms with Crippen molar-refractivity contribution in [2.45, 2.75) is 51.7 Å². The Morgan fingerprint density at radius 1 is 1.38 bits per heavy atom. The number of carbonyl (C=O) groups is 2. The first-order chi connectivity index (χ1) is 7.20. The van der Waals surface area contributed by atoms with E-state index in [0.29, 0.717) is 6.54 Å². The summed E-state index contributed by atoms with van der Waals surface area (Å²) >= 11 is 0. The van der Waals surface area contributed by atoms with Gasteiger partial charge in [0, 0.05) is 6.54 Å². The van der Waals surface area contributed by atoms with Crippen molar-refractivity contribution in [3.8, 4) is 0 Å². The maximum atomic E-state index is 11.9. The molecule has 0 N–H and O–H groups in total. The van der Waals surface area contributed by atoms with Gasteiger partial charge in [0.2, 0.25) is 0 Å². The van der Waals surface area contributed by atoms with Crippen molar-refractivity contribution in [1.82, 2.24) is 4.90 Å². The maximum absolute atomic E-state index is 11.9. The van der Waals surface area contributed by atoms with Crippen LogP contribution in [0.3, 0.4) is 0 Å². The monoisotopic (exact) mass is 225 g/mol. The Labute approximate surface area is 95.9 Å². The smallest absolute Gasteiger partial charge is 0.411 e. The molecule has 0 aromatic carbocycles. The summed E-state index contributed by atoms with van der Waals surface area (Å²) in [6.45, 7) is 8.25. The van der Waals surface area contributed by atoms with Crippen LogP contribution in [-0.2, 0) is 9.53 Å². The molecular formula is C12H19NO3. The summed E-state index contributed by atoms with van der Waals surface area (Å²) in [4.78, 5) is 24.7. The van der Waals surface area contributed by atoms with Crippen molar-refractivity contribution in [3.63, 3.8) is 0 Å². The van der Waals surface area contributed by atoms with E-state index in [-0.39, 0.29) is 11.5 Å². The van der Waals surface area contributed by atoms with Crippen LogP contribution in [0.25, 0.3) is 0 Å². The molecule has 90 valence electrons. The SMILES string of the molecule is CC12CN(C(=O)OC(C)(C)C)C(C=O)(C1)C2. The Morgan fingerprint density at radius 2 is 1.94 bits per heavy atom. The van der Waals surface area contributed by atoms with E-state index in [2.05, 4.69) is 6.92 Å². The third kappa shape index (κ3) is 1.60. The van der Waals surface area contributed by atoms with Gasteiger partial charge >= 0.3 is 6.09 Å². The average Bonchev–Trinajstić information content (AvgIpc) is 2.50. The Balaban J connectivity index is 2.11. The quantitative estimate of drug-likeness (QED) is 0.641. The van der Waals surface area contributed by atoms with E-state index in [1.807, 2.05) is 20.8 Å². The summed E-state index contributed by atoms with van der Waals surface area (Å²) in [7, 11) is 0. The number of hydrogen-bond acceptors (Lipinski definition) is 3. The average molecular weight is 225 g/mol. The normalized spacial score (nSPS) is 36.9. The van der Waals surface area contributed by atoms with Gasteiger partial charge in [-0.1, -0.05) is 6.92 Å². The molecule has 2 saturated heterocycles. The van der Waals surface area contributed by atoms with Gasteiger partial charge in [-0.25, -0.2) is 4.79 Å². The fourth-order valence-electron chi connectivity index (χ4n) is 2.98. The van der Waals surface area contributed by atoms with Gasteiger partial charge in [-0.2, -0.15) is 0 Å². The van der Waals surface area contributed by atoms with Gasteiger partial charge in [0.1, 0.15) is 17.4 Å². The second-order valence-electron chi connectivity index (χ2n) is 6.45. The molecule has 0 radical (unpaired) electrons. The van der Waals surface area contributed by atoms with Crippen molar-refractivity contribution >= 4 is 12.4 Å². The van der Waals surface area contributed by atoms with Crippen LogP contribution in [0.2, 0.25) is 0 Å². The maximum Gasteiger partial charge on any atom is 0.411 e. The van der Waals surface area contributed by atoms with Crippen molar-refractivity contribution in [2.24, 2.45) is 5.41 Å². The van der Waals surface area contributed by atoms with Crippen LogP contribution in [0, 0.1) is 5.41 Å². The molecule has 0 spiro atoms. The summed E-state index contributed by atoms with van der Waals surface area (Å²) in [6.07, 6.45) is 2.11.